The highest BCUT2D eigenvalue weighted by molar-refractivity contribution is 6.16. The van der Waals surface area contributed by atoms with Gasteiger partial charge in [-0.15, -0.1) is 0 Å². The number of carbonyl (C=O) groups is 1. The number of hydrogen-bond acceptors (Lipinski definition) is 4. The van der Waals surface area contributed by atoms with Crippen molar-refractivity contribution in [2.75, 3.05) is 26.2 Å². The van der Waals surface area contributed by atoms with Crippen LogP contribution in [-0.4, -0.2) is 51.3 Å². The molecule has 0 atom stereocenters. The first-order valence-electron chi connectivity index (χ1n) is 12.5. The third-order valence-corrected chi connectivity index (χ3v) is 7.25. The molecule has 2 aromatic heterocycles. The number of amides is 1. The summed E-state index contributed by atoms with van der Waals surface area (Å²) in [6.07, 6.45) is 3.38. The third kappa shape index (κ3) is 4.48. The molecule has 2 aromatic carbocycles. The topological polar surface area (TPSA) is 72.2 Å². The predicted octanol–water partition coefficient (Wildman–Crippen LogP) is 4.04. The average Bonchev–Trinajstić information content (AvgIpc) is 3.17. The molecule has 1 fully saturated rings. The number of para-hydroxylation sites is 1. The second kappa shape index (κ2) is 9.66. The van der Waals surface area contributed by atoms with Crippen molar-refractivity contribution in [3.8, 4) is 5.69 Å². The first kappa shape index (κ1) is 23.3. The fourth-order valence-corrected chi connectivity index (χ4v) is 5.07. The molecule has 5 rings (SSSR count). The Bertz CT molecular complexity index is 1430. The molecule has 1 aliphatic rings. The Balaban J connectivity index is 1.49. The van der Waals surface area contributed by atoms with Crippen molar-refractivity contribution in [1.82, 2.24) is 24.6 Å². The molecule has 1 saturated heterocycles. The van der Waals surface area contributed by atoms with Gasteiger partial charge in [0, 0.05) is 29.9 Å². The number of nitrogens with zero attached hydrogens (tertiary/aromatic N) is 4. The molecule has 1 amide bonds. The number of hydrogen-bond donors (Lipinski definition) is 1. The van der Waals surface area contributed by atoms with Crippen LogP contribution in [0.4, 0.5) is 0 Å². The van der Waals surface area contributed by atoms with Crippen molar-refractivity contribution in [3.63, 3.8) is 0 Å². The molecule has 0 aliphatic carbocycles. The number of piperidine rings is 1. The zero-order chi connectivity index (χ0) is 24.5. The highest BCUT2D eigenvalue weighted by atomic mass is 16.2. The van der Waals surface area contributed by atoms with Crippen LogP contribution in [0.1, 0.15) is 42.2 Å². The highest BCUT2D eigenvalue weighted by Crippen LogP contribution is 2.28. The maximum Gasteiger partial charge on any atom is 0.296 e. The van der Waals surface area contributed by atoms with Crippen LogP contribution in [0.3, 0.4) is 0 Å². The molecule has 0 saturated carbocycles. The van der Waals surface area contributed by atoms with E-state index in [4.69, 9.17) is 0 Å². The SMILES string of the molecule is Cc1ccc(-n2nc(C(=O)NCCCN3CCC(C)CC3)c3c4ccccc4n(C)c3c2=O)cc1. The van der Waals surface area contributed by atoms with Gasteiger partial charge in [0.05, 0.1) is 5.69 Å². The molecule has 1 N–H and O–H groups in total. The van der Waals surface area contributed by atoms with E-state index in [2.05, 4.69) is 22.2 Å². The zero-order valence-corrected chi connectivity index (χ0v) is 20.8. The summed E-state index contributed by atoms with van der Waals surface area (Å²) in [5, 5.41) is 9.15. The minimum Gasteiger partial charge on any atom is -0.351 e. The fraction of sp³-hybridized carbons (Fsp3) is 0.393. The third-order valence-electron chi connectivity index (χ3n) is 7.25. The smallest absolute Gasteiger partial charge is 0.296 e. The Morgan fingerprint density at radius 1 is 1.09 bits per heavy atom. The van der Waals surface area contributed by atoms with Crippen LogP contribution in [0.15, 0.2) is 53.3 Å². The molecular formula is C28H33N5O2. The van der Waals surface area contributed by atoms with Crippen molar-refractivity contribution in [2.45, 2.75) is 33.1 Å². The van der Waals surface area contributed by atoms with Crippen LogP contribution in [0.2, 0.25) is 0 Å². The molecule has 35 heavy (non-hydrogen) atoms. The Hall–Kier alpha value is -3.45. The number of aryl methyl sites for hydroxylation is 2. The first-order valence-corrected chi connectivity index (χ1v) is 12.5. The zero-order valence-electron chi connectivity index (χ0n) is 20.8. The van der Waals surface area contributed by atoms with Gasteiger partial charge in [0.2, 0.25) is 0 Å². The predicted molar refractivity (Wildman–Crippen MR) is 140 cm³/mol. The van der Waals surface area contributed by atoms with Crippen LogP contribution in [-0.2, 0) is 7.05 Å². The van der Waals surface area contributed by atoms with Gasteiger partial charge in [0.15, 0.2) is 5.69 Å². The van der Waals surface area contributed by atoms with Crippen molar-refractivity contribution in [1.29, 1.82) is 0 Å². The number of likely N-dealkylation sites (tertiary alicyclic amines) is 1. The Morgan fingerprint density at radius 3 is 2.54 bits per heavy atom. The second-order valence-corrected chi connectivity index (χ2v) is 9.83. The van der Waals surface area contributed by atoms with E-state index in [9.17, 15) is 9.59 Å². The summed E-state index contributed by atoms with van der Waals surface area (Å²) in [4.78, 5) is 29.5. The molecule has 0 radical (unpaired) electrons. The Labute approximate surface area is 205 Å². The van der Waals surface area contributed by atoms with Gasteiger partial charge in [-0.2, -0.15) is 9.78 Å². The van der Waals surface area contributed by atoms with Crippen LogP contribution < -0.4 is 10.9 Å². The quantitative estimate of drug-likeness (QED) is 0.431. The number of fused-ring (bicyclic) bond motifs is 3. The van der Waals surface area contributed by atoms with E-state index in [0.717, 1.165) is 48.4 Å². The van der Waals surface area contributed by atoms with Gasteiger partial charge in [0.25, 0.3) is 11.5 Å². The molecule has 182 valence electrons. The minimum absolute atomic E-state index is 0.238. The van der Waals surface area contributed by atoms with Gasteiger partial charge in [-0.1, -0.05) is 42.8 Å². The first-order chi connectivity index (χ1) is 16.9. The van der Waals surface area contributed by atoms with Gasteiger partial charge >= 0.3 is 0 Å². The number of rotatable bonds is 6. The summed E-state index contributed by atoms with van der Waals surface area (Å²) >= 11 is 0. The van der Waals surface area contributed by atoms with E-state index in [1.165, 1.54) is 17.5 Å². The Kier molecular flexibility index (Phi) is 6.43. The summed E-state index contributed by atoms with van der Waals surface area (Å²) in [7, 11) is 1.87. The van der Waals surface area contributed by atoms with Gasteiger partial charge < -0.3 is 14.8 Å². The lowest BCUT2D eigenvalue weighted by molar-refractivity contribution is 0.0946. The lowest BCUT2D eigenvalue weighted by Gasteiger charge is -2.30. The van der Waals surface area contributed by atoms with Gasteiger partial charge in [-0.25, -0.2) is 0 Å². The lowest BCUT2D eigenvalue weighted by Crippen LogP contribution is -2.36. The number of benzene rings is 2. The van der Waals surface area contributed by atoms with E-state index in [0.29, 0.717) is 23.1 Å². The molecule has 1 aliphatic heterocycles. The number of nitrogens with one attached hydrogen (secondary N) is 1. The molecule has 4 aromatic rings. The molecule has 0 spiro atoms. The molecule has 0 unspecified atom stereocenters. The molecule has 3 heterocycles. The standard InChI is InChI=1S/C28H33N5O2/c1-19-9-11-21(12-10-19)33-28(35)26-24(22-7-4-5-8-23(22)31(26)3)25(30-33)27(34)29-15-6-16-32-17-13-20(2)14-18-32/h4-5,7-12,20H,6,13-18H2,1-3H3,(H,29,34). The van der Waals surface area contributed by atoms with Crippen molar-refractivity contribution in [3.05, 3.63) is 70.1 Å². The second-order valence-electron chi connectivity index (χ2n) is 9.83. The van der Waals surface area contributed by atoms with E-state index in [-0.39, 0.29) is 17.2 Å². The lowest BCUT2D eigenvalue weighted by atomic mass is 9.99. The summed E-state index contributed by atoms with van der Waals surface area (Å²) in [6.45, 7) is 8.13. The van der Waals surface area contributed by atoms with Gasteiger partial charge in [-0.05, 0) is 69.9 Å². The van der Waals surface area contributed by atoms with Crippen LogP contribution >= 0.6 is 0 Å². The van der Waals surface area contributed by atoms with Crippen LogP contribution in [0.5, 0.6) is 0 Å². The summed E-state index contributed by atoms with van der Waals surface area (Å²) in [5.41, 5.74) is 3.16. The van der Waals surface area contributed by atoms with Crippen molar-refractivity contribution >= 4 is 27.7 Å². The maximum atomic E-state index is 13.6. The summed E-state index contributed by atoms with van der Waals surface area (Å²) < 4.78 is 3.22. The number of carbonyl (C=O) groups excluding carboxylic acids is 1. The van der Waals surface area contributed by atoms with Gasteiger partial charge in [0.1, 0.15) is 5.52 Å². The minimum atomic E-state index is -0.250. The van der Waals surface area contributed by atoms with Gasteiger partial charge in [-0.3, -0.25) is 9.59 Å². The summed E-state index contributed by atoms with van der Waals surface area (Å²) in [6, 6.07) is 15.4. The molecular weight excluding hydrogens is 438 g/mol. The van der Waals surface area contributed by atoms with Crippen LogP contribution in [0.25, 0.3) is 27.5 Å². The van der Waals surface area contributed by atoms with E-state index in [1.54, 1.807) is 0 Å². The largest absolute Gasteiger partial charge is 0.351 e. The summed E-state index contributed by atoms with van der Waals surface area (Å²) in [5.74, 6) is 0.559. The van der Waals surface area contributed by atoms with E-state index in [1.807, 2.05) is 67.1 Å². The average molecular weight is 472 g/mol. The molecule has 7 heteroatoms. The highest BCUT2D eigenvalue weighted by Gasteiger charge is 2.23. The van der Waals surface area contributed by atoms with E-state index >= 15 is 0 Å². The normalized spacial score (nSPS) is 15.2. The van der Waals surface area contributed by atoms with Crippen molar-refractivity contribution < 1.29 is 4.79 Å². The number of aromatic nitrogens is 3. The van der Waals surface area contributed by atoms with Crippen LogP contribution in [0, 0.1) is 12.8 Å². The molecule has 7 nitrogen and oxygen atoms in total. The van der Waals surface area contributed by atoms with Crippen molar-refractivity contribution in [2.24, 2.45) is 13.0 Å². The monoisotopic (exact) mass is 471 g/mol. The maximum absolute atomic E-state index is 13.6. The van der Waals surface area contributed by atoms with E-state index < -0.39 is 0 Å². The fourth-order valence-electron chi connectivity index (χ4n) is 5.07. The Morgan fingerprint density at radius 2 is 1.80 bits per heavy atom. The molecule has 0 bridgehead atoms.